The van der Waals surface area contributed by atoms with Gasteiger partial charge in [0.25, 0.3) is 11.5 Å². The number of carbonyl (C=O) groups excluding carboxylic acids is 2. The third kappa shape index (κ3) is 4.86. The largest absolute Gasteiger partial charge is 0.471 e. The molecule has 0 spiro atoms. The number of fused-ring (bicyclic) bond motifs is 2. The molecule has 5 rings (SSSR count). The lowest BCUT2D eigenvalue weighted by molar-refractivity contribution is -0.369. The summed E-state index contributed by atoms with van der Waals surface area (Å²) in [6.07, 6.45) is 1.67. The molecule has 6 nitrogen and oxygen atoms in total. The molecule has 1 aromatic heterocycles. The summed E-state index contributed by atoms with van der Waals surface area (Å²) in [6, 6.07) is 12.9. The zero-order valence-corrected chi connectivity index (χ0v) is 23.7. The van der Waals surface area contributed by atoms with Crippen molar-refractivity contribution >= 4 is 40.2 Å². The van der Waals surface area contributed by atoms with E-state index in [1.807, 2.05) is 26.0 Å². The first-order valence-corrected chi connectivity index (χ1v) is 13.3. The van der Waals surface area contributed by atoms with Gasteiger partial charge in [0.15, 0.2) is 0 Å². The van der Waals surface area contributed by atoms with Crippen LogP contribution in [0.1, 0.15) is 63.4 Å². The molecule has 0 saturated carbocycles. The van der Waals surface area contributed by atoms with Gasteiger partial charge in [-0.25, -0.2) is 13.6 Å². The normalized spacial score (nSPS) is 13.6. The number of benzene rings is 3. The van der Waals surface area contributed by atoms with Gasteiger partial charge in [-0.1, -0.05) is 23.7 Å². The molecule has 204 valence electrons. The molecule has 0 saturated heterocycles. The van der Waals surface area contributed by atoms with Crippen LogP contribution in [0.15, 0.2) is 54.7 Å². The fourth-order valence-corrected chi connectivity index (χ4v) is 5.63. The summed E-state index contributed by atoms with van der Waals surface area (Å²) >= 11 is 6.51. The number of rotatable bonds is 4. The van der Waals surface area contributed by atoms with E-state index in [2.05, 4.69) is 4.98 Å². The van der Waals surface area contributed by atoms with E-state index in [4.69, 9.17) is 16.0 Å². The van der Waals surface area contributed by atoms with Crippen molar-refractivity contribution in [3.63, 3.8) is 0 Å². The molecule has 8 heteroatoms. The third-order valence-corrected chi connectivity index (χ3v) is 7.47. The quantitative estimate of drug-likeness (QED) is 0.165. The van der Waals surface area contributed by atoms with E-state index in [0.29, 0.717) is 39.3 Å². The number of nitrogens with zero attached hydrogens (tertiary/aromatic N) is 2. The van der Waals surface area contributed by atoms with Crippen molar-refractivity contribution in [1.29, 1.82) is 0 Å². The van der Waals surface area contributed by atoms with E-state index >= 15 is 0 Å². The second-order valence-electron chi connectivity index (χ2n) is 11.0. The number of aliphatic carboxylic acids is 1. The Bertz CT molecular complexity index is 1740. The van der Waals surface area contributed by atoms with E-state index in [1.165, 1.54) is 18.2 Å². The molecule has 1 N–H and O–H groups in total. The predicted molar refractivity (Wildman–Crippen MR) is 153 cm³/mol. The van der Waals surface area contributed by atoms with Gasteiger partial charge in [-0.15, -0.1) is 0 Å². The standard InChI is InChI=1S/C32H28ClFN2O4/c1-17-23-15-36(30(37)19-8-6-9-20(34)14-19)16-24(23)18(2)27(29(31(38)39)40-32(3,4)5)26(17)22-11-12-25(33)21-10-7-13-35-28(21)22/h6-14H,15-16H2,1-5H3/p+1. The number of carboxylic acid groups (broad SMARTS) is 1. The number of hydrogen-bond donors (Lipinski definition) is 1. The first-order valence-electron chi connectivity index (χ1n) is 12.9. The summed E-state index contributed by atoms with van der Waals surface area (Å²) in [5.41, 5.74) is 5.20. The van der Waals surface area contributed by atoms with E-state index in [9.17, 15) is 19.1 Å². The van der Waals surface area contributed by atoms with Crippen LogP contribution in [0.4, 0.5) is 4.39 Å². The molecule has 0 bridgehead atoms. The molecule has 1 aliphatic rings. The van der Waals surface area contributed by atoms with Crippen LogP contribution in [0.2, 0.25) is 5.02 Å². The number of carboxylic acids is 1. The summed E-state index contributed by atoms with van der Waals surface area (Å²) in [5, 5.41) is 11.7. The molecule has 0 radical (unpaired) electrons. The Morgan fingerprint density at radius 2 is 1.73 bits per heavy atom. The molecule has 40 heavy (non-hydrogen) atoms. The number of aromatic nitrogens is 1. The van der Waals surface area contributed by atoms with E-state index in [-0.39, 0.29) is 23.8 Å². The molecule has 1 amide bonds. The second kappa shape index (κ2) is 10.1. The van der Waals surface area contributed by atoms with Crippen LogP contribution in [-0.4, -0.2) is 38.3 Å². The Labute approximate surface area is 236 Å². The van der Waals surface area contributed by atoms with Crippen LogP contribution in [0.3, 0.4) is 0 Å². The van der Waals surface area contributed by atoms with Crippen LogP contribution in [-0.2, 0) is 17.9 Å². The summed E-state index contributed by atoms with van der Waals surface area (Å²) in [6.45, 7) is 9.72. The molecular formula is C32H29ClFN2O4+. The first-order chi connectivity index (χ1) is 18.9. The van der Waals surface area contributed by atoms with Crippen LogP contribution < -0.4 is 0 Å². The highest BCUT2D eigenvalue weighted by molar-refractivity contribution is 6.42. The Kier molecular flexibility index (Phi) is 6.96. The molecule has 0 unspecified atom stereocenters. The monoisotopic (exact) mass is 559 g/mol. The zero-order chi connectivity index (χ0) is 28.9. The van der Waals surface area contributed by atoms with Crippen molar-refractivity contribution in [1.82, 2.24) is 9.88 Å². The van der Waals surface area contributed by atoms with Crippen molar-refractivity contribution in [3.8, 4) is 11.1 Å². The summed E-state index contributed by atoms with van der Waals surface area (Å²) in [5.74, 6) is -2.17. The number of pyridine rings is 1. The van der Waals surface area contributed by atoms with Gasteiger partial charge in [0.1, 0.15) is 5.82 Å². The number of ketones is 1. The lowest BCUT2D eigenvalue weighted by Crippen LogP contribution is -2.25. The minimum atomic E-state index is -1.20. The number of hydrogen-bond acceptors (Lipinski definition) is 3. The summed E-state index contributed by atoms with van der Waals surface area (Å²) in [4.78, 5) is 32.4. The maximum absolute atomic E-state index is 13.9. The maximum Gasteiger partial charge on any atom is 0.436 e. The zero-order valence-electron chi connectivity index (χ0n) is 22.9. The fourth-order valence-electron chi connectivity index (χ4n) is 5.41. The van der Waals surface area contributed by atoms with Crippen molar-refractivity contribution < 1.29 is 23.5 Å². The Hall–Kier alpha value is -4.10. The minimum Gasteiger partial charge on any atom is -0.471 e. The smallest absolute Gasteiger partial charge is 0.436 e. The molecule has 3 aromatic carbocycles. The molecule has 0 atom stereocenters. The molecule has 4 aromatic rings. The predicted octanol–water partition coefficient (Wildman–Crippen LogP) is 7.07. The van der Waals surface area contributed by atoms with E-state index in [0.717, 1.165) is 22.1 Å². The topological polar surface area (TPSA) is 81.8 Å². The number of carbonyl (C=O) groups is 2. The maximum atomic E-state index is 13.9. The fraction of sp³-hybridized carbons (Fsp3) is 0.250. The first kappa shape index (κ1) is 27.5. The van der Waals surface area contributed by atoms with E-state index < -0.39 is 17.4 Å². The minimum absolute atomic E-state index is 0.181. The van der Waals surface area contributed by atoms with Gasteiger partial charge in [-0.05, 0) is 72.5 Å². The van der Waals surface area contributed by atoms with Crippen LogP contribution in [0, 0.1) is 19.7 Å². The van der Waals surface area contributed by atoms with Gasteiger partial charge < -0.3 is 10.0 Å². The lowest BCUT2D eigenvalue weighted by atomic mass is 9.83. The number of amides is 1. The van der Waals surface area contributed by atoms with Crippen molar-refractivity contribution in [2.45, 2.75) is 53.3 Å². The van der Waals surface area contributed by atoms with Gasteiger partial charge in [0, 0.05) is 62.1 Å². The van der Waals surface area contributed by atoms with Crippen LogP contribution >= 0.6 is 11.6 Å². The SMILES string of the molecule is Cc1c2c(c(C)c(-c3ccc(Cl)c4cccnc34)c1C(=[O+]C(C)(C)C)C(=O)O)CN(C(=O)c1cccc(F)c1)C2. The third-order valence-electron chi connectivity index (χ3n) is 7.14. The highest BCUT2D eigenvalue weighted by Gasteiger charge is 2.40. The number of halogens is 2. The van der Waals surface area contributed by atoms with E-state index in [1.54, 1.807) is 50.1 Å². The van der Waals surface area contributed by atoms with Crippen LogP contribution in [0.25, 0.3) is 22.0 Å². The van der Waals surface area contributed by atoms with Crippen molar-refractivity contribution in [2.75, 3.05) is 0 Å². The second-order valence-corrected chi connectivity index (χ2v) is 11.4. The van der Waals surface area contributed by atoms with Gasteiger partial charge in [-0.2, -0.15) is 0 Å². The van der Waals surface area contributed by atoms with Gasteiger partial charge in [-0.3, -0.25) is 9.78 Å². The van der Waals surface area contributed by atoms with Gasteiger partial charge >= 0.3 is 11.8 Å². The molecule has 2 heterocycles. The van der Waals surface area contributed by atoms with Gasteiger partial charge in [0.2, 0.25) is 0 Å². The Morgan fingerprint density at radius 3 is 2.38 bits per heavy atom. The molecular weight excluding hydrogens is 531 g/mol. The van der Waals surface area contributed by atoms with Crippen LogP contribution in [0.5, 0.6) is 0 Å². The molecule has 0 aliphatic carbocycles. The van der Waals surface area contributed by atoms with Crippen molar-refractivity contribution in [2.24, 2.45) is 0 Å². The molecule has 1 aliphatic heterocycles. The Balaban J connectivity index is 1.80. The average molecular weight is 560 g/mol. The average Bonchev–Trinajstić information content (AvgIpc) is 3.35. The highest BCUT2D eigenvalue weighted by Crippen LogP contribution is 2.43. The lowest BCUT2D eigenvalue weighted by Gasteiger charge is -2.19. The van der Waals surface area contributed by atoms with Crippen molar-refractivity contribution in [3.05, 3.63) is 98.9 Å². The van der Waals surface area contributed by atoms with Gasteiger partial charge in [0.05, 0.1) is 16.1 Å². The highest BCUT2D eigenvalue weighted by atomic mass is 35.5. The Morgan fingerprint density at radius 1 is 1.02 bits per heavy atom. The summed E-state index contributed by atoms with van der Waals surface area (Å²) in [7, 11) is 0. The molecule has 0 fully saturated rings. The summed E-state index contributed by atoms with van der Waals surface area (Å²) < 4.78 is 20.0.